The van der Waals surface area contributed by atoms with E-state index in [0.717, 1.165) is 63.9 Å². The molecular formula is C99H113N5O21. The number of esters is 6. The number of hydrogen-bond donors (Lipinski definition) is 3. The van der Waals surface area contributed by atoms with E-state index in [9.17, 15) is 62.3 Å². The van der Waals surface area contributed by atoms with Crippen molar-refractivity contribution in [3.05, 3.63) is 287 Å². The van der Waals surface area contributed by atoms with E-state index in [0.29, 0.717) is 38.8 Å². The van der Waals surface area contributed by atoms with Crippen LogP contribution in [0.3, 0.4) is 0 Å². The van der Waals surface area contributed by atoms with Crippen LogP contribution in [0.4, 0.5) is 9.59 Å². The number of benzene rings is 8. The molecule has 0 saturated carbocycles. The predicted molar refractivity (Wildman–Crippen MR) is 463 cm³/mol. The van der Waals surface area contributed by atoms with Crippen LogP contribution >= 0.6 is 0 Å². The average Bonchev–Trinajstić information content (AvgIpc) is 1.61. The fourth-order valence-electron chi connectivity index (χ4n) is 14.4. The maximum Gasteiger partial charge on any atom is 0.408 e. The lowest BCUT2D eigenvalue weighted by Crippen LogP contribution is -2.58. The van der Waals surface area contributed by atoms with E-state index in [2.05, 4.69) is 16.0 Å². The molecule has 3 saturated heterocycles. The summed E-state index contributed by atoms with van der Waals surface area (Å²) in [6, 6.07) is 72.2. The first-order valence-electron chi connectivity index (χ1n) is 42.5. The Labute approximate surface area is 730 Å². The smallest absolute Gasteiger partial charge is 0.408 e. The zero-order valence-corrected chi connectivity index (χ0v) is 71.4. The molecule has 8 aromatic rings. The van der Waals surface area contributed by atoms with Crippen LogP contribution in [0.1, 0.15) is 169 Å². The van der Waals surface area contributed by atoms with Crippen molar-refractivity contribution in [3.8, 4) is 0 Å². The average molecular weight is 1710 g/mol. The second-order valence-electron chi connectivity index (χ2n) is 32.0. The van der Waals surface area contributed by atoms with Gasteiger partial charge in [0.05, 0.1) is 35.9 Å². The van der Waals surface area contributed by atoms with E-state index >= 15 is 0 Å². The van der Waals surface area contributed by atoms with Crippen LogP contribution < -0.4 is 16.0 Å². The molecule has 0 radical (unpaired) electrons. The third-order valence-corrected chi connectivity index (χ3v) is 21.4. The molecule has 26 heteroatoms. The van der Waals surface area contributed by atoms with Crippen molar-refractivity contribution in [2.75, 3.05) is 19.6 Å². The number of amides is 4. The van der Waals surface area contributed by atoms with Gasteiger partial charge in [0, 0.05) is 51.6 Å². The van der Waals surface area contributed by atoms with Crippen LogP contribution in [0.15, 0.2) is 243 Å². The standard InChI is InChI=1S/2C37H42N2O8.C25H29NO5/c2*1-37(2,38-36(44)47-26-29-17-10-5-11-18-29)35(43)39-22-12-19-31(39)32(40)23-30(34(42)46-25-28-15-8-4-9-16-28)20-21-33(41)45-24-27-13-6-3-7-14-27;27-23(22-12-7-15-26-22)16-21(25(29)31-18-20-10-5-2-6-11-20)13-14-24(28)30-17-19-8-3-1-4-9-19/h2*3-11,13-18,30-31H,12,19-26H2,1-2H3,(H,38,44);1-6,8-11,21-22,26H,7,12-18H2/t2*30-,31+;21-,22+/m111/s1. The summed E-state index contributed by atoms with van der Waals surface area (Å²) in [6.45, 7) is 8.38. The highest BCUT2D eigenvalue weighted by atomic mass is 16.6. The summed E-state index contributed by atoms with van der Waals surface area (Å²) in [6.07, 6.45) is 2.11. The second-order valence-corrected chi connectivity index (χ2v) is 32.0. The normalized spacial score (nSPS) is 15.3. The molecule has 0 aliphatic carbocycles. The Kier molecular flexibility index (Phi) is 38.8. The van der Waals surface area contributed by atoms with Gasteiger partial charge in [-0.15, -0.1) is 0 Å². The van der Waals surface area contributed by atoms with Crippen molar-refractivity contribution in [2.45, 2.75) is 206 Å². The summed E-state index contributed by atoms with van der Waals surface area (Å²) in [5.74, 6) is -7.00. The fraction of sp³-hybridized carbons (Fsp3) is 0.384. The molecule has 26 nitrogen and oxygen atoms in total. The minimum absolute atomic E-state index is 0.00295. The van der Waals surface area contributed by atoms with Gasteiger partial charge in [-0.1, -0.05) is 243 Å². The summed E-state index contributed by atoms with van der Waals surface area (Å²) in [5.41, 5.74) is 3.93. The molecule has 3 aliphatic rings. The van der Waals surface area contributed by atoms with Gasteiger partial charge in [-0.3, -0.25) is 52.7 Å². The van der Waals surface area contributed by atoms with Gasteiger partial charge in [0.1, 0.15) is 63.9 Å². The number of ether oxygens (including phenoxy) is 8. The topological polar surface area (TPSA) is 338 Å². The van der Waals surface area contributed by atoms with Gasteiger partial charge in [0.25, 0.3) is 0 Å². The number of Topliss-reactive ketones (excluding diaryl/α,β-unsaturated/α-hetero) is 3. The number of carbonyl (C=O) groups is 13. The van der Waals surface area contributed by atoms with E-state index in [1.54, 1.807) is 27.7 Å². The molecule has 0 spiro atoms. The van der Waals surface area contributed by atoms with E-state index in [1.165, 1.54) is 9.80 Å². The van der Waals surface area contributed by atoms with Gasteiger partial charge in [-0.25, -0.2) is 9.59 Å². The number of likely N-dealkylation sites (tertiary alicyclic amines) is 2. The van der Waals surface area contributed by atoms with E-state index < -0.39 is 101 Å². The molecule has 660 valence electrons. The van der Waals surface area contributed by atoms with Gasteiger partial charge in [0.2, 0.25) is 11.8 Å². The molecule has 3 aliphatic heterocycles. The SMILES string of the molecule is CC(C)(NC(=O)OCc1ccccc1)C(=O)N1CCC[C@H]1C(=O)C[C@@H](CCC(=O)OCc1ccccc1)C(=O)OCc1ccccc1.CC(C)(NC(=O)OCc1ccccc1)C(=O)N1CCC[C@H]1C(=O)C[C@@H](CCC(=O)OCc1ccccc1)C(=O)OCc1ccccc1.O=C(CC[C@H](CC(=O)[C@@H]1CCCN1)C(=O)OCc1ccccc1)OCc1ccccc1. The fourth-order valence-corrected chi connectivity index (χ4v) is 14.4. The van der Waals surface area contributed by atoms with Gasteiger partial charge < -0.3 is 63.6 Å². The van der Waals surface area contributed by atoms with Crippen LogP contribution in [-0.2, 0) is 143 Å². The van der Waals surface area contributed by atoms with Gasteiger partial charge >= 0.3 is 48.0 Å². The molecule has 3 N–H and O–H groups in total. The highest BCUT2D eigenvalue weighted by Crippen LogP contribution is 2.30. The Balaban J connectivity index is 0.000000217. The summed E-state index contributed by atoms with van der Waals surface area (Å²) in [7, 11) is 0. The third-order valence-electron chi connectivity index (χ3n) is 21.4. The Morgan fingerprint density at radius 1 is 0.320 bits per heavy atom. The number of nitrogens with zero attached hydrogens (tertiary/aromatic N) is 2. The predicted octanol–water partition coefficient (Wildman–Crippen LogP) is 14.6. The Morgan fingerprint density at radius 2 is 0.560 bits per heavy atom. The second kappa shape index (κ2) is 50.6. The molecule has 125 heavy (non-hydrogen) atoms. The first-order chi connectivity index (χ1) is 60.4. The first kappa shape index (κ1) is 95.9. The van der Waals surface area contributed by atoms with Crippen LogP contribution in [-0.4, -0.2) is 136 Å². The van der Waals surface area contributed by atoms with Crippen LogP contribution in [0.2, 0.25) is 0 Å². The molecule has 11 rings (SSSR count). The number of rotatable bonds is 41. The zero-order valence-electron chi connectivity index (χ0n) is 71.4. The van der Waals surface area contributed by atoms with Crippen molar-refractivity contribution in [1.29, 1.82) is 0 Å². The lowest BCUT2D eigenvalue weighted by Gasteiger charge is -2.33. The largest absolute Gasteiger partial charge is 0.461 e. The van der Waals surface area contributed by atoms with E-state index in [4.69, 9.17) is 37.9 Å². The minimum Gasteiger partial charge on any atom is -0.461 e. The summed E-state index contributed by atoms with van der Waals surface area (Å²) in [5, 5.41) is 8.41. The molecule has 0 unspecified atom stereocenters. The van der Waals surface area contributed by atoms with Crippen molar-refractivity contribution in [1.82, 2.24) is 25.8 Å². The zero-order chi connectivity index (χ0) is 89.2. The number of alkyl carbamates (subject to hydrolysis) is 2. The molecular weight excluding hydrogens is 1600 g/mol. The lowest BCUT2D eigenvalue weighted by molar-refractivity contribution is -0.154. The van der Waals surface area contributed by atoms with Crippen LogP contribution in [0.5, 0.6) is 0 Å². The summed E-state index contributed by atoms with van der Waals surface area (Å²) < 4.78 is 43.2. The van der Waals surface area contributed by atoms with Gasteiger partial charge in [-0.2, -0.15) is 0 Å². The third kappa shape index (κ3) is 33.3. The van der Waals surface area contributed by atoms with Crippen molar-refractivity contribution in [2.24, 2.45) is 17.8 Å². The summed E-state index contributed by atoms with van der Waals surface area (Å²) >= 11 is 0. The maximum atomic E-state index is 13.7. The van der Waals surface area contributed by atoms with E-state index in [1.807, 2.05) is 243 Å². The molecule has 4 amide bonds. The molecule has 0 bridgehead atoms. The quantitative estimate of drug-likeness (QED) is 0.0237. The maximum absolute atomic E-state index is 13.7. The monoisotopic (exact) mass is 1710 g/mol. The molecule has 3 heterocycles. The van der Waals surface area contributed by atoms with Crippen molar-refractivity contribution in [3.63, 3.8) is 0 Å². The molecule has 3 fully saturated rings. The highest BCUT2D eigenvalue weighted by molar-refractivity contribution is 5.97. The minimum atomic E-state index is -1.35. The highest BCUT2D eigenvalue weighted by Gasteiger charge is 2.45. The number of ketones is 3. The van der Waals surface area contributed by atoms with Crippen molar-refractivity contribution < 1.29 is 100 Å². The number of nitrogens with one attached hydrogen (secondary N) is 3. The number of hydrogen-bond acceptors (Lipinski definition) is 22. The van der Waals surface area contributed by atoms with Gasteiger partial charge in [0.15, 0.2) is 17.3 Å². The summed E-state index contributed by atoms with van der Waals surface area (Å²) in [4.78, 5) is 172. The number of carbonyl (C=O) groups excluding carboxylic acids is 13. The lowest BCUT2D eigenvalue weighted by atomic mass is 9.92. The van der Waals surface area contributed by atoms with Crippen molar-refractivity contribution >= 4 is 77.2 Å². The Hall–Kier alpha value is -13.0. The van der Waals surface area contributed by atoms with E-state index in [-0.39, 0.29) is 134 Å². The molecule has 6 atom stereocenters. The Bertz CT molecular complexity index is 4540. The Morgan fingerprint density at radius 3 is 0.808 bits per heavy atom. The molecule has 8 aromatic carbocycles. The van der Waals surface area contributed by atoms with Gasteiger partial charge in [-0.05, 0) is 137 Å². The first-order valence-corrected chi connectivity index (χ1v) is 42.5. The van der Waals surface area contributed by atoms with Crippen LogP contribution in [0, 0.1) is 17.8 Å². The van der Waals surface area contributed by atoms with Crippen LogP contribution in [0.25, 0.3) is 0 Å². The molecule has 0 aromatic heterocycles.